The summed E-state index contributed by atoms with van der Waals surface area (Å²) in [6, 6.07) is 3.85. The van der Waals surface area contributed by atoms with Gasteiger partial charge in [0.05, 0.1) is 0 Å². The van der Waals surface area contributed by atoms with Crippen LogP contribution in [0, 0.1) is 11.9 Å². The summed E-state index contributed by atoms with van der Waals surface area (Å²) in [5.74, 6) is 0.114. The molecule has 100 valence electrons. The van der Waals surface area contributed by atoms with Crippen LogP contribution in [0.5, 0.6) is 0 Å². The van der Waals surface area contributed by atoms with Crippen LogP contribution in [0.2, 0.25) is 0 Å². The number of hydrogen-bond donors (Lipinski definition) is 1. The van der Waals surface area contributed by atoms with Crippen molar-refractivity contribution < 1.29 is 4.39 Å². The van der Waals surface area contributed by atoms with Crippen LogP contribution < -0.4 is 5.32 Å². The lowest BCUT2D eigenvalue weighted by Gasteiger charge is -2.38. The second-order valence-electron chi connectivity index (χ2n) is 5.00. The van der Waals surface area contributed by atoms with Gasteiger partial charge >= 0.3 is 0 Å². The van der Waals surface area contributed by atoms with Gasteiger partial charge in [0.1, 0.15) is 0 Å². The molecule has 2 atom stereocenters. The summed E-state index contributed by atoms with van der Waals surface area (Å²) in [6.45, 7) is 8.27. The molecule has 2 heterocycles. The molecule has 4 heteroatoms. The Morgan fingerprint density at radius 1 is 1.44 bits per heavy atom. The first-order chi connectivity index (χ1) is 8.74. The maximum absolute atomic E-state index is 13.9. The van der Waals surface area contributed by atoms with E-state index in [4.69, 9.17) is 0 Å². The summed E-state index contributed by atoms with van der Waals surface area (Å²) in [4.78, 5) is 6.18. The highest BCUT2D eigenvalue weighted by molar-refractivity contribution is 5.17. The average Bonchev–Trinajstić information content (AvgIpc) is 2.42. The summed E-state index contributed by atoms with van der Waals surface area (Å²) in [5.41, 5.74) is 0.744. The zero-order valence-corrected chi connectivity index (χ0v) is 11.2. The van der Waals surface area contributed by atoms with E-state index in [1.54, 1.807) is 0 Å². The Kier molecular flexibility index (Phi) is 4.66. The number of halogens is 1. The maximum Gasteiger partial charge on any atom is 0.217 e. The number of aromatic nitrogens is 1. The predicted molar refractivity (Wildman–Crippen MR) is 70.8 cm³/mol. The Bertz CT molecular complexity index is 377. The van der Waals surface area contributed by atoms with Crippen molar-refractivity contribution in [3.05, 3.63) is 29.8 Å². The van der Waals surface area contributed by atoms with Crippen LogP contribution in [0.1, 0.15) is 31.9 Å². The van der Waals surface area contributed by atoms with E-state index in [1.165, 1.54) is 6.20 Å². The first-order valence-electron chi connectivity index (χ1n) is 6.79. The molecule has 3 nitrogen and oxygen atoms in total. The fourth-order valence-corrected chi connectivity index (χ4v) is 2.67. The molecule has 0 radical (unpaired) electrons. The first-order valence-corrected chi connectivity index (χ1v) is 6.79. The minimum Gasteiger partial charge on any atom is -0.314 e. The summed E-state index contributed by atoms with van der Waals surface area (Å²) >= 11 is 0. The highest BCUT2D eigenvalue weighted by atomic mass is 19.1. The smallest absolute Gasteiger partial charge is 0.217 e. The SMILES string of the molecule is CCC(C)[C@@H](c1cccnc1F)N1CCNCC1. The van der Waals surface area contributed by atoms with Crippen molar-refractivity contribution in [3.8, 4) is 0 Å². The van der Waals surface area contributed by atoms with Gasteiger partial charge in [-0.3, -0.25) is 4.90 Å². The van der Waals surface area contributed by atoms with Crippen LogP contribution in [0.25, 0.3) is 0 Å². The second-order valence-corrected chi connectivity index (χ2v) is 5.00. The van der Waals surface area contributed by atoms with Gasteiger partial charge in [0, 0.05) is 44.0 Å². The van der Waals surface area contributed by atoms with Crippen molar-refractivity contribution in [3.63, 3.8) is 0 Å². The Morgan fingerprint density at radius 3 is 2.78 bits per heavy atom. The average molecular weight is 251 g/mol. The summed E-state index contributed by atoms with van der Waals surface area (Å²) in [7, 11) is 0. The molecule has 0 aromatic carbocycles. The van der Waals surface area contributed by atoms with Gasteiger partial charge in [0.25, 0.3) is 0 Å². The molecule has 0 spiro atoms. The van der Waals surface area contributed by atoms with E-state index in [0.717, 1.165) is 38.2 Å². The van der Waals surface area contributed by atoms with Crippen molar-refractivity contribution in [1.82, 2.24) is 15.2 Å². The van der Waals surface area contributed by atoms with Gasteiger partial charge in [0.2, 0.25) is 5.95 Å². The van der Waals surface area contributed by atoms with Gasteiger partial charge in [0.15, 0.2) is 0 Å². The topological polar surface area (TPSA) is 28.2 Å². The number of nitrogens with one attached hydrogen (secondary N) is 1. The van der Waals surface area contributed by atoms with Crippen LogP contribution >= 0.6 is 0 Å². The summed E-state index contributed by atoms with van der Waals surface area (Å²) in [6.07, 6.45) is 2.56. The molecule has 1 saturated heterocycles. The lowest BCUT2D eigenvalue weighted by Crippen LogP contribution is -2.46. The molecule has 1 aromatic heterocycles. The van der Waals surface area contributed by atoms with Crippen LogP contribution in [0.3, 0.4) is 0 Å². The van der Waals surface area contributed by atoms with Crippen LogP contribution in [-0.2, 0) is 0 Å². The van der Waals surface area contributed by atoms with E-state index in [-0.39, 0.29) is 12.0 Å². The summed E-state index contributed by atoms with van der Waals surface area (Å²) in [5, 5.41) is 3.34. The summed E-state index contributed by atoms with van der Waals surface area (Å²) < 4.78 is 13.9. The van der Waals surface area contributed by atoms with Gasteiger partial charge in [-0.25, -0.2) is 4.98 Å². The van der Waals surface area contributed by atoms with Gasteiger partial charge in [-0.15, -0.1) is 0 Å². The third-order valence-electron chi connectivity index (χ3n) is 3.83. The molecule has 1 unspecified atom stereocenters. The first kappa shape index (κ1) is 13.4. The predicted octanol–water partition coefficient (Wildman–Crippen LogP) is 2.21. The largest absolute Gasteiger partial charge is 0.314 e. The van der Waals surface area contributed by atoms with Crippen LogP contribution in [0.15, 0.2) is 18.3 Å². The van der Waals surface area contributed by atoms with Crippen LogP contribution in [-0.4, -0.2) is 36.1 Å². The quantitative estimate of drug-likeness (QED) is 0.832. The van der Waals surface area contributed by atoms with E-state index < -0.39 is 0 Å². The van der Waals surface area contributed by atoms with E-state index in [2.05, 4.69) is 29.0 Å². The van der Waals surface area contributed by atoms with Crippen molar-refractivity contribution in [1.29, 1.82) is 0 Å². The highest BCUT2D eigenvalue weighted by Crippen LogP contribution is 2.31. The van der Waals surface area contributed by atoms with Crippen LogP contribution in [0.4, 0.5) is 4.39 Å². The Hall–Kier alpha value is -1.00. The Balaban J connectivity index is 2.27. The van der Waals surface area contributed by atoms with Crippen molar-refractivity contribution in [2.24, 2.45) is 5.92 Å². The minimum atomic E-state index is -0.318. The normalized spacial score (nSPS) is 20.6. The Labute approximate surface area is 108 Å². The van der Waals surface area contributed by atoms with Crippen molar-refractivity contribution >= 4 is 0 Å². The molecule has 1 aromatic rings. The molecule has 18 heavy (non-hydrogen) atoms. The van der Waals surface area contributed by atoms with Gasteiger partial charge < -0.3 is 5.32 Å². The third kappa shape index (κ3) is 2.87. The van der Waals surface area contributed by atoms with E-state index >= 15 is 0 Å². The van der Waals surface area contributed by atoms with Gasteiger partial charge in [-0.2, -0.15) is 4.39 Å². The molecular weight excluding hydrogens is 229 g/mol. The molecular formula is C14H22FN3. The fourth-order valence-electron chi connectivity index (χ4n) is 2.67. The van der Waals surface area contributed by atoms with E-state index in [1.807, 2.05) is 12.1 Å². The number of pyridine rings is 1. The molecule has 2 rings (SSSR count). The maximum atomic E-state index is 13.9. The second kappa shape index (κ2) is 6.25. The van der Waals surface area contributed by atoms with Gasteiger partial charge in [-0.1, -0.05) is 26.3 Å². The van der Waals surface area contributed by atoms with Crippen molar-refractivity contribution in [2.75, 3.05) is 26.2 Å². The lowest BCUT2D eigenvalue weighted by molar-refractivity contribution is 0.125. The molecule has 0 bridgehead atoms. The number of rotatable bonds is 4. The number of piperazine rings is 1. The lowest BCUT2D eigenvalue weighted by atomic mass is 9.91. The third-order valence-corrected chi connectivity index (χ3v) is 3.83. The van der Waals surface area contributed by atoms with Crippen molar-refractivity contribution in [2.45, 2.75) is 26.3 Å². The molecule has 0 saturated carbocycles. The molecule has 0 aliphatic carbocycles. The molecule has 1 aliphatic heterocycles. The zero-order chi connectivity index (χ0) is 13.0. The zero-order valence-electron chi connectivity index (χ0n) is 11.2. The number of nitrogens with zero attached hydrogens (tertiary/aromatic N) is 2. The molecule has 1 N–H and O–H groups in total. The number of hydrogen-bond acceptors (Lipinski definition) is 3. The highest BCUT2D eigenvalue weighted by Gasteiger charge is 2.28. The molecule has 0 amide bonds. The Morgan fingerprint density at radius 2 is 2.17 bits per heavy atom. The molecule has 1 aliphatic rings. The van der Waals surface area contributed by atoms with E-state index in [0.29, 0.717) is 5.92 Å². The monoisotopic (exact) mass is 251 g/mol. The van der Waals surface area contributed by atoms with E-state index in [9.17, 15) is 4.39 Å². The molecule has 1 fully saturated rings. The fraction of sp³-hybridized carbons (Fsp3) is 0.643. The van der Waals surface area contributed by atoms with Gasteiger partial charge in [-0.05, 0) is 12.0 Å². The minimum absolute atomic E-state index is 0.144. The standard InChI is InChI=1S/C14H22FN3/c1-3-11(2)13(18-9-7-16-8-10-18)12-5-4-6-17-14(12)15/h4-6,11,13,16H,3,7-10H2,1-2H3/t11?,13-/m0/s1.